The number of fused-ring (bicyclic) bond motifs is 1. The van der Waals surface area contributed by atoms with E-state index in [9.17, 15) is 40.3 Å². The first kappa shape index (κ1) is 30.4. The van der Waals surface area contributed by atoms with Crippen molar-refractivity contribution < 1.29 is 40.3 Å². The fourth-order valence-corrected chi connectivity index (χ4v) is 4.01. The quantitative estimate of drug-likeness (QED) is 0.129. The molecule has 0 unspecified atom stereocenters. The van der Waals surface area contributed by atoms with Crippen LogP contribution in [0.1, 0.15) is 22.8 Å². The molecule has 0 aliphatic heterocycles. The van der Waals surface area contributed by atoms with Crippen molar-refractivity contribution in [2.24, 2.45) is 5.10 Å². The van der Waals surface area contributed by atoms with Gasteiger partial charge in [-0.3, -0.25) is 9.59 Å². The Morgan fingerprint density at radius 2 is 1.52 bits per heavy atom. The number of aromatic nitrogens is 1. The Kier molecular flexibility index (Phi) is 8.26. The van der Waals surface area contributed by atoms with E-state index in [1.165, 1.54) is 30.4 Å². The highest BCUT2D eigenvalue weighted by molar-refractivity contribution is 6.33. The normalized spacial score (nSPS) is 12.7. The summed E-state index contributed by atoms with van der Waals surface area (Å²) in [5.41, 5.74) is 3.74. The van der Waals surface area contributed by atoms with Crippen LogP contribution in [0.4, 0.5) is 36.4 Å². The Labute approximate surface area is 238 Å². The van der Waals surface area contributed by atoms with Crippen LogP contribution < -0.4 is 10.7 Å². The summed E-state index contributed by atoms with van der Waals surface area (Å²) in [7, 11) is 0. The Morgan fingerprint density at radius 3 is 2.21 bits per heavy atom. The van der Waals surface area contributed by atoms with Crippen molar-refractivity contribution in [2.75, 3.05) is 5.32 Å². The average molecular weight is 611 g/mol. The molecule has 1 aromatic heterocycles. The topological polar surface area (TPSA) is 83.4 Å². The Balaban J connectivity index is 1.58. The van der Waals surface area contributed by atoms with Crippen molar-refractivity contribution >= 4 is 45.7 Å². The monoisotopic (exact) mass is 610 g/mol. The van der Waals surface area contributed by atoms with Crippen LogP contribution in [0, 0.1) is 0 Å². The van der Waals surface area contributed by atoms with Gasteiger partial charge in [-0.2, -0.15) is 35.8 Å². The highest BCUT2D eigenvalue weighted by atomic mass is 35.5. The van der Waals surface area contributed by atoms with Crippen molar-refractivity contribution in [3.63, 3.8) is 0 Å². The first-order valence-corrected chi connectivity index (χ1v) is 12.2. The maximum Gasteiger partial charge on any atom is 0.460 e. The van der Waals surface area contributed by atoms with Gasteiger partial charge in [0.05, 0.1) is 22.5 Å². The number of pyridine rings is 1. The minimum atomic E-state index is -6.66. The van der Waals surface area contributed by atoms with Gasteiger partial charge in [-0.15, -0.1) is 0 Å². The lowest BCUT2D eigenvalue weighted by Crippen LogP contribution is -2.57. The second-order valence-electron chi connectivity index (χ2n) is 8.87. The molecule has 0 saturated heterocycles. The zero-order valence-corrected chi connectivity index (χ0v) is 22.0. The molecule has 2 N–H and O–H groups in total. The SMILES string of the molecule is CC(=NNC(=O)c1cc(-c2ccccc2Cl)nc2ccccc12)c1cccc(NC(=O)C(F)(F)C(F)(F)C(F)(F)F)c1. The van der Waals surface area contributed by atoms with E-state index in [2.05, 4.69) is 15.5 Å². The fraction of sp³-hybridized carbons (Fsp3) is 0.143. The van der Waals surface area contributed by atoms with Gasteiger partial charge >= 0.3 is 23.9 Å². The summed E-state index contributed by atoms with van der Waals surface area (Å²) >= 11 is 6.31. The maximum absolute atomic E-state index is 13.7. The summed E-state index contributed by atoms with van der Waals surface area (Å²) in [6.07, 6.45) is -6.66. The van der Waals surface area contributed by atoms with E-state index < -0.39 is 35.5 Å². The van der Waals surface area contributed by atoms with Crippen molar-refractivity contribution in [3.05, 3.63) is 95.0 Å². The molecule has 3 aromatic carbocycles. The number of carbonyl (C=O) groups excluding carboxylic acids is 2. The van der Waals surface area contributed by atoms with Crippen LogP contribution >= 0.6 is 11.6 Å². The van der Waals surface area contributed by atoms with E-state index in [-0.39, 0.29) is 16.8 Å². The molecule has 0 aliphatic rings. The first-order valence-electron chi connectivity index (χ1n) is 11.9. The zero-order chi connectivity index (χ0) is 30.9. The molecule has 0 spiro atoms. The van der Waals surface area contributed by atoms with Crippen LogP contribution in [0.5, 0.6) is 0 Å². The predicted octanol–water partition coefficient (Wildman–Crippen LogP) is 7.48. The largest absolute Gasteiger partial charge is 0.460 e. The molecule has 2 amide bonds. The molecule has 14 heteroatoms. The molecule has 0 radical (unpaired) electrons. The number of nitrogens with one attached hydrogen (secondary N) is 2. The third-order valence-corrected chi connectivity index (χ3v) is 6.34. The Morgan fingerprint density at radius 1 is 0.857 bits per heavy atom. The number of amides is 2. The van der Waals surface area contributed by atoms with Gasteiger partial charge < -0.3 is 5.32 Å². The van der Waals surface area contributed by atoms with E-state index >= 15 is 0 Å². The van der Waals surface area contributed by atoms with E-state index in [1.54, 1.807) is 48.5 Å². The van der Waals surface area contributed by atoms with Gasteiger partial charge in [-0.05, 0) is 42.8 Å². The van der Waals surface area contributed by atoms with Crippen LogP contribution in [-0.4, -0.2) is 40.5 Å². The molecule has 0 atom stereocenters. The third kappa shape index (κ3) is 5.91. The Bertz CT molecular complexity index is 1710. The molecule has 0 fully saturated rings. The summed E-state index contributed by atoms with van der Waals surface area (Å²) in [6, 6.07) is 19.8. The van der Waals surface area contributed by atoms with Gasteiger partial charge in [0.25, 0.3) is 5.91 Å². The fourth-order valence-electron chi connectivity index (χ4n) is 3.78. The minimum Gasteiger partial charge on any atom is -0.321 e. The van der Waals surface area contributed by atoms with E-state index in [4.69, 9.17) is 11.6 Å². The third-order valence-electron chi connectivity index (χ3n) is 6.01. The van der Waals surface area contributed by atoms with E-state index in [0.29, 0.717) is 27.2 Å². The average Bonchev–Trinajstić information content (AvgIpc) is 2.94. The number of benzene rings is 3. The molecule has 0 bridgehead atoms. The minimum absolute atomic E-state index is 0.0801. The van der Waals surface area contributed by atoms with Gasteiger partial charge in [-0.25, -0.2) is 10.4 Å². The van der Waals surface area contributed by atoms with Crippen LogP contribution in [0.2, 0.25) is 5.02 Å². The van der Waals surface area contributed by atoms with Crippen molar-refractivity contribution in [3.8, 4) is 11.3 Å². The standard InChI is InChI=1S/C28H18ClF7N4O2/c1-15(16-7-6-8-17(13-16)37-25(42)26(30,31)27(32,33)28(34,35)36)39-40-24(41)20-14-23(19-10-2-4-11-21(19)29)38-22-12-5-3-9-18(20)22/h2-14H,1H3,(H,37,42)(H,40,41). The van der Waals surface area contributed by atoms with Gasteiger partial charge in [0.15, 0.2) is 0 Å². The molecule has 1 heterocycles. The lowest BCUT2D eigenvalue weighted by molar-refractivity contribution is -0.343. The summed E-state index contributed by atoms with van der Waals surface area (Å²) in [6.45, 7) is 1.40. The molecular formula is C28H18ClF7N4O2. The molecular weight excluding hydrogens is 593 g/mol. The first-order chi connectivity index (χ1) is 19.6. The molecule has 0 aliphatic carbocycles. The summed E-state index contributed by atoms with van der Waals surface area (Å²) < 4.78 is 91.1. The van der Waals surface area contributed by atoms with Crippen LogP contribution in [-0.2, 0) is 4.79 Å². The summed E-state index contributed by atoms with van der Waals surface area (Å²) in [5, 5.41) is 6.25. The van der Waals surface area contributed by atoms with Gasteiger partial charge in [-0.1, -0.05) is 60.1 Å². The van der Waals surface area contributed by atoms with Crippen LogP contribution in [0.15, 0.2) is 84.0 Å². The van der Waals surface area contributed by atoms with E-state index in [1.807, 2.05) is 0 Å². The van der Waals surface area contributed by atoms with E-state index in [0.717, 1.165) is 12.1 Å². The summed E-state index contributed by atoms with van der Waals surface area (Å²) in [5.74, 6) is -16.2. The number of carbonyl (C=O) groups is 2. The molecule has 0 saturated carbocycles. The van der Waals surface area contributed by atoms with Crippen LogP contribution in [0.25, 0.3) is 22.2 Å². The number of rotatable bonds is 7. The number of anilines is 1. The molecule has 6 nitrogen and oxygen atoms in total. The number of hydrogen-bond acceptors (Lipinski definition) is 4. The number of hydrogen-bond donors (Lipinski definition) is 2. The number of nitrogens with zero attached hydrogens (tertiary/aromatic N) is 2. The molecule has 4 rings (SSSR count). The van der Waals surface area contributed by atoms with Crippen molar-refractivity contribution in [1.82, 2.24) is 10.4 Å². The number of para-hydroxylation sites is 1. The van der Waals surface area contributed by atoms with Crippen molar-refractivity contribution in [2.45, 2.75) is 24.9 Å². The van der Waals surface area contributed by atoms with Gasteiger partial charge in [0.1, 0.15) is 0 Å². The van der Waals surface area contributed by atoms with Gasteiger partial charge in [0.2, 0.25) is 0 Å². The summed E-state index contributed by atoms with van der Waals surface area (Å²) in [4.78, 5) is 29.4. The molecule has 218 valence electrons. The smallest absolute Gasteiger partial charge is 0.321 e. The molecule has 42 heavy (non-hydrogen) atoms. The second-order valence-corrected chi connectivity index (χ2v) is 9.28. The second kappa shape index (κ2) is 11.4. The van der Waals surface area contributed by atoms with Gasteiger partial charge in [0, 0.05) is 21.7 Å². The zero-order valence-electron chi connectivity index (χ0n) is 21.2. The van der Waals surface area contributed by atoms with Crippen LogP contribution in [0.3, 0.4) is 0 Å². The highest BCUT2D eigenvalue weighted by Gasteiger charge is 2.76. The van der Waals surface area contributed by atoms with Crippen molar-refractivity contribution in [1.29, 1.82) is 0 Å². The predicted molar refractivity (Wildman–Crippen MR) is 143 cm³/mol. The number of hydrazone groups is 1. The highest BCUT2D eigenvalue weighted by Crippen LogP contribution is 2.47. The number of alkyl halides is 7. The number of halogens is 8. The lowest BCUT2D eigenvalue weighted by atomic mass is 10.0. The Hall–Kier alpha value is -4.52. The maximum atomic E-state index is 13.7. The lowest BCUT2D eigenvalue weighted by Gasteiger charge is -2.27. The molecule has 4 aromatic rings.